The molecule has 23 heteroatoms. The van der Waals surface area contributed by atoms with E-state index in [0.29, 0.717) is 6.42 Å². The maximum Gasteiger partial charge on any atom is 0.326 e. The van der Waals surface area contributed by atoms with E-state index in [0.717, 1.165) is 4.90 Å². The van der Waals surface area contributed by atoms with Crippen LogP contribution in [0.4, 0.5) is 0 Å². The Balaban J connectivity index is 3.14. The lowest BCUT2D eigenvalue weighted by molar-refractivity contribution is -0.145. The van der Waals surface area contributed by atoms with Crippen LogP contribution in [0.25, 0.3) is 0 Å². The number of nitrogens with one attached hydrogen (secondary N) is 5. The van der Waals surface area contributed by atoms with Gasteiger partial charge in [0.05, 0.1) is 25.5 Å². The zero-order chi connectivity index (χ0) is 40.6. The predicted octanol–water partition coefficient (Wildman–Crippen LogP) is -5.00. The van der Waals surface area contributed by atoms with Crippen molar-refractivity contribution in [3.8, 4) is 0 Å². The third kappa shape index (κ3) is 15.6. The molecule has 0 radical (unpaired) electrons. The predicted molar refractivity (Wildman–Crippen MR) is 183 cm³/mol. The zero-order valence-electron chi connectivity index (χ0n) is 29.1. The Hall–Kier alpha value is -5.03. The van der Waals surface area contributed by atoms with Crippen molar-refractivity contribution >= 4 is 71.9 Å². The number of amides is 7. The van der Waals surface area contributed by atoms with Gasteiger partial charge in [-0.3, -0.25) is 43.2 Å². The summed E-state index contributed by atoms with van der Waals surface area (Å²) in [6, 6.07) is -10.5. The summed E-state index contributed by atoms with van der Waals surface area (Å²) in [5.74, 6) is -11.8. The molecule has 0 aromatic carbocycles. The monoisotopic (exact) mass is 776 g/mol. The van der Waals surface area contributed by atoms with Gasteiger partial charge in [0.15, 0.2) is 0 Å². The smallest absolute Gasteiger partial charge is 0.326 e. The molecule has 1 aliphatic rings. The Bertz CT molecular complexity index is 1400. The van der Waals surface area contributed by atoms with Crippen LogP contribution in [0.1, 0.15) is 58.8 Å². The summed E-state index contributed by atoms with van der Waals surface area (Å²) in [7, 11) is 0. The van der Waals surface area contributed by atoms with Crippen LogP contribution in [-0.2, 0) is 47.9 Å². The number of thiol groups is 1. The summed E-state index contributed by atoms with van der Waals surface area (Å²) in [4.78, 5) is 125. The van der Waals surface area contributed by atoms with Gasteiger partial charge in [0.2, 0.25) is 41.4 Å². The summed E-state index contributed by atoms with van der Waals surface area (Å²) in [6.07, 6.45) is -2.06. The van der Waals surface area contributed by atoms with Crippen LogP contribution in [0.15, 0.2) is 0 Å². The van der Waals surface area contributed by atoms with Gasteiger partial charge < -0.3 is 63.4 Å². The van der Waals surface area contributed by atoms with Gasteiger partial charge in [0, 0.05) is 18.7 Å². The molecule has 1 aliphatic heterocycles. The van der Waals surface area contributed by atoms with Crippen molar-refractivity contribution in [1.29, 1.82) is 0 Å². The summed E-state index contributed by atoms with van der Waals surface area (Å²) < 4.78 is 0. The number of nitrogens with two attached hydrogens (primary N) is 2. The SMILES string of the molecule is CC(C)C[C@H](NC(=O)[C@H](CC(=O)O)NC(=O)[C@H](CS)NC(=O)[C@H](CO)NC(=O)[C@@H](N)CC(N)=O)C(=O)N1CCC[C@H]1C(=O)N[C@@H](CCC(=O)O)C(=O)O. The van der Waals surface area contributed by atoms with Gasteiger partial charge in [-0.05, 0) is 31.6 Å². The first kappa shape index (κ1) is 46.0. The van der Waals surface area contributed by atoms with Crippen LogP contribution < -0.4 is 38.1 Å². The molecule has 1 fully saturated rings. The molecule has 0 bridgehead atoms. The molecular weight excluding hydrogens is 728 g/mol. The number of likely N-dealkylation sites (tertiary alicyclic amines) is 1. The largest absolute Gasteiger partial charge is 0.481 e. The summed E-state index contributed by atoms with van der Waals surface area (Å²) in [6.45, 7) is 2.50. The highest BCUT2D eigenvalue weighted by Crippen LogP contribution is 2.21. The fourth-order valence-electron chi connectivity index (χ4n) is 5.17. The maximum absolute atomic E-state index is 13.8. The number of nitrogens with zero attached hydrogens (tertiary/aromatic N) is 1. The van der Waals surface area contributed by atoms with Gasteiger partial charge in [0.25, 0.3) is 0 Å². The number of primary amides is 1. The van der Waals surface area contributed by atoms with Crippen LogP contribution in [0.2, 0.25) is 0 Å². The second-order valence-corrected chi connectivity index (χ2v) is 13.0. The van der Waals surface area contributed by atoms with E-state index >= 15 is 0 Å². The van der Waals surface area contributed by atoms with Gasteiger partial charge >= 0.3 is 17.9 Å². The highest BCUT2D eigenvalue weighted by Gasteiger charge is 2.40. The molecule has 0 aromatic heterocycles. The molecule has 0 aliphatic carbocycles. The Morgan fingerprint density at radius 3 is 1.81 bits per heavy atom. The lowest BCUT2D eigenvalue weighted by Crippen LogP contribution is -2.60. The molecular formula is C30H48N8O14S. The van der Waals surface area contributed by atoms with E-state index in [4.69, 9.17) is 16.6 Å². The molecule has 7 atom stereocenters. The Morgan fingerprint density at radius 1 is 0.755 bits per heavy atom. The first-order chi connectivity index (χ1) is 24.7. The third-order valence-corrected chi connectivity index (χ3v) is 8.19. The van der Waals surface area contributed by atoms with E-state index in [2.05, 4.69) is 39.2 Å². The molecule has 1 saturated heterocycles. The topological polar surface area (TPSA) is 367 Å². The standard InChI is InChI=1S/C30H48N8O14S/c1-13(2)8-17(29(50)38-7-3-4-20(38)28(49)33-15(30(51)52)5-6-22(41)42)35-25(46)16(10-23(43)44)34-27(48)19(12-53)37-26(47)18(11-39)36-24(45)14(31)9-21(32)40/h13-20,39,53H,3-12,31H2,1-2H3,(H2,32,40)(H,33,49)(H,34,48)(H,35,46)(H,36,45)(H,37,47)(H,41,42)(H,43,44)(H,51,52)/t14-,15-,16-,17-,18-,19-,20-/m0/s1. The lowest BCUT2D eigenvalue weighted by Gasteiger charge is -2.31. The number of aliphatic carboxylic acids is 3. The normalized spacial score (nSPS) is 17.2. The van der Waals surface area contributed by atoms with Crippen molar-refractivity contribution in [1.82, 2.24) is 31.5 Å². The molecule has 0 spiro atoms. The maximum atomic E-state index is 13.8. The van der Waals surface area contributed by atoms with Crippen molar-refractivity contribution in [3.05, 3.63) is 0 Å². The van der Waals surface area contributed by atoms with Crippen LogP contribution in [-0.4, -0.2) is 146 Å². The molecule has 1 heterocycles. The number of hydrogen-bond acceptors (Lipinski definition) is 13. The van der Waals surface area contributed by atoms with Gasteiger partial charge in [-0.2, -0.15) is 12.6 Å². The van der Waals surface area contributed by atoms with E-state index < -0.39 is 140 Å². The number of carbonyl (C=O) groups excluding carboxylic acids is 7. The Labute approximate surface area is 308 Å². The van der Waals surface area contributed by atoms with Crippen LogP contribution in [0, 0.1) is 5.92 Å². The van der Waals surface area contributed by atoms with Gasteiger partial charge in [-0.1, -0.05) is 13.8 Å². The highest BCUT2D eigenvalue weighted by atomic mass is 32.1. The molecule has 1 rings (SSSR count). The molecule has 22 nitrogen and oxygen atoms in total. The van der Waals surface area contributed by atoms with Crippen molar-refractivity contribution in [3.63, 3.8) is 0 Å². The average Bonchev–Trinajstić information content (AvgIpc) is 3.55. The second-order valence-electron chi connectivity index (χ2n) is 12.6. The minimum absolute atomic E-state index is 0.00774. The highest BCUT2D eigenvalue weighted by molar-refractivity contribution is 7.80. The molecule has 0 saturated carbocycles. The summed E-state index contributed by atoms with van der Waals surface area (Å²) in [5, 5.41) is 48.6. The number of rotatable bonds is 23. The van der Waals surface area contributed by atoms with E-state index in [9.17, 15) is 63.3 Å². The fraction of sp³-hybridized carbons (Fsp3) is 0.667. The van der Waals surface area contributed by atoms with E-state index in [1.807, 2.05) is 0 Å². The molecule has 0 unspecified atom stereocenters. The van der Waals surface area contributed by atoms with Crippen LogP contribution in [0.3, 0.4) is 0 Å². The van der Waals surface area contributed by atoms with Gasteiger partial charge in [-0.25, -0.2) is 4.79 Å². The van der Waals surface area contributed by atoms with Gasteiger partial charge in [0.1, 0.15) is 36.3 Å². The number of aliphatic hydroxyl groups is 1. The third-order valence-electron chi connectivity index (χ3n) is 7.82. The summed E-state index contributed by atoms with van der Waals surface area (Å²) in [5.41, 5.74) is 10.5. The minimum atomic E-state index is -1.81. The Kier molecular flexibility index (Phi) is 19.2. The first-order valence-electron chi connectivity index (χ1n) is 16.5. The molecule has 7 amide bonds. The molecule has 13 N–H and O–H groups in total. The van der Waals surface area contributed by atoms with Gasteiger partial charge in [-0.15, -0.1) is 0 Å². The number of hydrogen-bond donors (Lipinski definition) is 12. The van der Waals surface area contributed by atoms with E-state index in [1.54, 1.807) is 13.8 Å². The van der Waals surface area contributed by atoms with Crippen molar-refractivity contribution in [2.24, 2.45) is 17.4 Å². The number of aliphatic hydroxyl groups excluding tert-OH is 1. The van der Waals surface area contributed by atoms with Crippen molar-refractivity contribution < 1.29 is 68.4 Å². The lowest BCUT2D eigenvalue weighted by atomic mass is 10.0. The molecule has 53 heavy (non-hydrogen) atoms. The van der Waals surface area contributed by atoms with Crippen molar-refractivity contribution in [2.75, 3.05) is 18.9 Å². The average molecular weight is 777 g/mol. The fourth-order valence-corrected chi connectivity index (χ4v) is 5.42. The number of carboxylic acids is 3. The Morgan fingerprint density at radius 2 is 1.30 bits per heavy atom. The van der Waals surface area contributed by atoms with E-state index in [1.165, 1.54) is 0 Å². The summed E-state index contributed by atoms with van der Waals surface area (Å²) >= 11 is 4.00. The van der Waals surface area contributed by atoms with E-state index in [-0.39, 0.29) is 25.3 Å². The number of carboxylic acid groups (broad SMARTS) is 3. The quantitative estimate of drug-likeness (QED) is 0.0432. The van der Waals surface area contributed by atoms with Crippen LogP contribution in [0.5, 0.6) is 0 Å². The first-order valence-corrected chi connectivity index (χ1v) is 17.1. The van der Waals surface area contributed by atoms with Crippen molar-refractivity contribution in [2.45, 2.75) is 101 Å². The van der Waals surface area contributed by atoms with Crippen LogP contribution >= 0.6 is 12.6 Å². The molecule has 0 aromatic rings. The minimum Gasteiger partial charge on any atom is -0.481 e. The molecule has 298 valence electrons. The number of carbonyl (C=O) groups is 10. The second kappa shape index (κ2) is 22.1. The zero-order valence-corrected chi connectivity index (χ0v) is 30.0.